The first kappa shape index (κ1) is 32.6. The molecule has 0 spiro atoms. The molecule has 0 N–H and O–H groups in total. The van der Waals surface area contributed by atoms with Gasteiger partial charge in [0.15, 0.2) is 17.5 Å². The molecule has 8 aromatic carbocycles. The summed E-state index contributed by atoms with van der Waals surface area (Å²) in [6, 6.07) is 66.8. The van der Waals surface area contributed by atoms with Crippen LogP contribution in [0.4, 0.5) is 0 Å². The molecule has 0 aliphatic heterocycles. The molecule has 0 aliphatic rings. The zero-order chi connectivity index (χ0) is 37.0. The van der Waals surface area contributed by atoms with Gasteiger partial charge in [-0.05, 0) is 88.0 Å². The van der Waals surface area contributed by atoms with Gasteiger partial charge in [-0.3, -0.25) is 0 Å². The fourth-order valence-electron chi connectivity index (χ4n) is 7.85. The summed E-state index contributed by atoms with van der Waals surface area (Å²) in [7, 11) is 0. The van der Waals surface area contributed by atoms with Gasteiger partial charge in [0.25, 0.3) is 0 Å². The molecule has 0 radical (unpaired) electrons. The van der Waals surface area contributed by atoms with Crippen LogP contribution in [0.2, 0.25) is 0 Å². The molecule has 3 heterocycles. The van der Waals surface area contributed by atoms with Gasteiger partial charge in [0.1, 0.15) is 0 Å². The maximum Gasteiger partial charge on any atom is 0.165 e. The number of hydrogen-bond acceptors (Lipinski definition) is 5. The van der Waals surface area contributed by atoms with Crippen molar-refractivity contribution in [3.05, 3.63) is 188 Å². The molecule has 0 saturated heterocycles. The Kier molecular flexibility index (Phi) is 7.87. The van der Waals surface area contributed by atoms with Crippen LogP contribution in [0.25, 0.3) is 108 Å². The van der Waals surface area contributed by atoms with Crippen molar-refractivity contribution in [2.75, 3.05) is 0 Å². The lowest BCUT2D eigenvalue weighted by Crippen LogP contribution is -2.01. The van der Waals surface area contributed by atoms with Gasteiger partial charge in [0.2, 0.25) is 0 Å². The fourth-order valence-corrected chi connectivity index (χ4v) is 10.2. The predicted octanol–water partition coefficient (Wildman–Crippen LogP) is 14.6. The van der Waals surface area contributed by atoms with E-state index in [2.05, 4.69) is 188 Å². The highest BCUT2D eigenvalue weighted by Crippen LogP contribution is 2.43. The van der Waals surface area contributed by atoms with Gasteiger partial charge in [0, 0.05) is 57.0 Å². The van der Waals surface area contributed by atoms with E-state index in [-0.39, 0.29) is 0 Å². The summed E-state index contributed by atoms with van der Waals surface area (Å²) in [5.74, 6) is 1.94. The molecular formula is C51H31N3S2. The van der Waals surface area contributed by atoms with Crippen molar-refractivity contribution in [2.45, 2.75) is 0 Å². The van der Waals surface area contributed by atoms with Gasteiger partial charge in [-0.1, -0.05) is 133 Å². The summed E-state index contributed by atoms with van der Waals surface area (Å²) in [6.45, 7) is 0. The highest BCUT2D eigenvalue weighted by atomic mass is 32.1. The number of aromatic nitrogens is 3. The Morgan fingerprint density at radius 1 is 0.286 bits per heavy atom. The molecular weight excluding hydrogens is 719 g/mol. The van der Waals surface area contributed by atoms with Crippen LogP contribution < -0.4 is 0 Å². The molecule has 0 aliphatic carbocycles. The summed E-state index contributed by atoms with van der Waals surface area (Å²) in [5, 5.41) is 4.92. The minimum atomic E-state index is 0.637. The third-order valence-electron chi connectivity index (χ3n) is 10.5. The Hall–Kier alpha value is -6.79. The molecule has 0 bridgehead atoms. The van der Waals surface area contributed by atoms with E-state index in [1.807, 2.05) is 11.3 Å². The molecule has 0 fully saturated rings. The molecule has 3 aromatic heterocycles. The van der Waals surface area contributed by atoms with E-state index in [0.29, 0.717) is 17.5 Å². The molecule has 11 aromatic rings. The largest absolute Gasteiger partial charge is 0.208 e. The zero-order valence-corrected chi connectivity index (χ0v) is 31.7. The van der Waals surface area contributed by atoms with Gasteiger partial charge < -0.3 is 0 Å². The minimum Gasteiger partial charge on any atom is -0.208 e. The number of fused-ring (bicyclic) bond motifs is 6. The summed E-state index contributed by atoms with van der Waals surface area (Å²) in [6.07, 6.45) is 0. The molecule has 11 rings (SSSR count). The third-order valence-corrected chi connectivity index (χ3v) is 12.9. The molecule has 3 nitrogen and oxygen atoms in total. The Bertz CT molecular complexity index is 3180. The monoisotopic (exact) mass is 749 g/mol. The van der Waals surface area contributed by atoms with E-state index in [1.165, 1.54) is 51.5 Å². The molecule has 262 valence electrons. The zero-order valence-electron chi connectivity index (χ0n) is 30.1. The van der Waals surface area contributed by atoms with Crippen LogP contribution in [0.5, 0.6) is 0 Å². The minimum absolute atomic E-state index is 0.637. The van der Waals surface area contributed by atoms with E-state index in [0.717, 1.165) is 38.9 Å². The molecule has 56 heavy (non-hydrogen) atoms. The van der Waals surface area contributed by atoms with Crippen LogP contribution in [0.1, 0.15) is 0 Å². The maximum absolute atomic E-state index is 5.33. The molecule has 0 unspecified atom stereocenters. The highest BCUT2D eigenvalue weighted by molar-refractivity contribution is 7.26. The lowest BCUT2D eigenvalue weighted by atomic mass is 9.96. The average Bonchev–Trinajstić information content (AvgIpc) is 3.85. The van der Waals surface area contributed by atoms with Crippen molar-refractivity contribution in [3.63, 3.8) is 0 Å². The van der Waals surface area contributed by atoms with Gasteiger partial charge in [-0.15, -0.1) is 22.7 Å². The highest BCUT2D eigenvalue weighted by Gasteiger charge is 2.19. The number of rotatable bonds is 6. The van der Waals surface area contributed by atoms with Crippen LogP contribution in [-0.4, -0.2) is 15.0 Å². The van der Waals surface area contributed by atoms with E-state index in [9.17, 15) is 0 Å². The average molecular weight is 750 g/mol. The Morgan fingerprint density at radius 3 is 1.55 bits per heavy atom. The molecule has 5 heteroatoms. The Labute approximate surface area is 331 Å². The summed E-state index contributed by atoms with van der Waals surface area (Å²) in [4.78, 5) is 16.0. The number of hydrogen-bond donors (Lipinski definition) is 0. The second-order valence-electron chi connectivity index (χ2n) is 14.0. The lowest BCUT2D eigenvalue weighted by Gasteiger charge is -2.13. The number of nitrogens with zero attached hydrogens (tertiary/aromatic N) is 3. The summed E-state index contributed by atoms with van der Waals surface area (Å²) in [5.41, 5.74) is 9.82. The van der Waals surface area contributed by atoms with E-state index in [1.54, 1.807) is 11.3 Å². The van der Waals surface area contributed by atoms with Crippen LogP contribution in [0.3, 0.4) is 0 Å². The van der Waals surface area contributed by atoms with Crippen molar-refractivity contribution >= 4 is 63.0 Å². The van der Waals surface area contributed by atoms with Crippen molar-refractivity contribution in [1.82, 2.24) is 15.0 Å². The van der Waals surface area contributed by atoms with Crippen molar-refractivity contribution in [1.29, 1.82) is 0 Å². The SMILES string of the molecule is c1ccc(-c2cc(-c3ccccc3)cc(-c3nc(-c4ccc5sc6cccc(-c7ccccc7)c6c5c4)nc(-c4cccc5c4sc4ccccc45)n3)c2)cc1. The van der Waals surface area contributed by atoms with Gasteiger partial charge in [-0.25, -0.2) is 15.0 Å². The first-order valence-corrected chi connectivity index (χ1v) is 20.3. The van der Waals surface area contributed by atoms with E-state index >= 15 is 0 Å². The molecule has 0 amide bonds. The standard InChI is InChI=1S/C51H31N3S2/c1-4-14-32(15-5-1)36-28-37(33-16-6-2-7-17-33)30-38(29-36)50-52-49(53-51(54-50)42-23-12-22-41-40-20-10-11-24-44(40)56-48(41)42)35-26-27-45-43(31-35)47-39(21-13-25-46(47)55-45)34-18-8-3-9-19-34/h1-31H. The van der Waals surface area contributed by atoms with Gasteiger partial charge >= 0.3 is 0 Å². The second-order valence-corrected chi connectivity index (χ2v) is 16.1. The van der Waals surface area contributed by atoms with Crippen LogP contribution in [0.15, 0.2) is 188 Å². The van der Waals surface area contributed by atoms with Crippen molar-refractivity contribution in [2.24, 2.45) is 0 Å². The number of thiophene rings is 2. The van der Waals surface area contributed by atoms with Crippen LogP contribution >= 0.6 is 22.7 Å². The second kappa shape index (κ2) is 13.5. The maximum atomic E-state index is 5.33. The predicted molar refractivity (Wildman–Crippen MR) is 238 cm³/mol. The summed E-state index contributed by atoms with van der Waals surface area (Å²) >= 11 is 3.62. The van der Waals surface area contributed by atoms with Gasteiger partial charge in [-0.2, -0.15) is 0 Å². The normalized spacial score (nSPS) is 11.6. The topological polar surface area (TPSA) is 38.7 Å². The quantitative estimate of drug-likeness (QED) is 0.170. The molecule has 0 atom stereocenters. The smallest absolute Gasteiger partial charge is 0.165 e. The lowest BCUT2D eigenvalue weighted by molar-refractivity contribution is 1.08. The van der Waals surface area contributed by atoms with Gasteiger partial charge in [0.05, 0.1) is 0 Å². The van der Waals surface area contributed by atoms with Crippen molar-refractivity contribution < 1.29 is 0 Å². The van der Waals surface area contributed by atoms with Crippen LogP contribution in [-0.2, 0) is 0 Å². The Balaban J connectivity index is 1.17. The van der Waals surface area contributed by atoms with Crippen LogP contribution in [0, 0.1) is 0 Å². The number of benzene rings is 8. The molecule has 0 saturated carbocycles. The fraction of sp³-hybridized carbons (Fsp3) is 0. The van der Waals surface area contributed by atoms with E-state index in [4.69, 9.17) is 15.0 Å². The first-order chi connectivity index (χ1) is 27.7. The van der Waals surface area contributed by atoms with Crippen molar-refractivity contribution in [3.8, 4) is 67.5 Å². The Morgan fingerprint density at radius 2 is 0.821 bits per heavy atom. The third kappa shape index (κ3) is 5.68. The summed E-state index contributed by atoms with van der Waals surface area (Å²) < 4.78 is 4.92. The first-order valence-electron chi connectivity index (χ1n) is 18.7. The van der Waals surface area contributed by atoms with E-state index < -0.39 is 0 Å².